The Labute approximate surface area is 88.2 Å². The summed E-state index contributed by atoms with van der Waals surface area (Å²) in [7, 11) is 0. The van der Waals surface area contributed by atoms with E-state index >= 15 is 0 Å². The van der Waals surface area contributed by atoms with E-state index < -0.39 is 5.92 Å². The number of nitrogens with one attached hydrogen (secondary N) is 1. The molecule has 0 aliphatic carbocycles. The van der Waals surface area contributed by atoms with Crippen LogP contribution in [0.3, 0.4) is 0 Å². The first-order chi connectivity index (χ1) is 7.06. The lowest BCUT2D eigenvalue weighted by atomic mass is 9.95. The van der Waals surface area contributed by atoms with E-state index in [1.165, 1.54) is 0 Å². The molecule has 1 atom stereocenters. The molecule has 1 aromatic rings. The number of rotatable bonds is 4. The van der Waals surface area contributed by atoms with Crippen molar-refractivity contribution in [1.82, 2.24) is 15.2 Å². The van der Waals surface area contributed by atoms with Gasteiger partial charge in [0.15, 0.2) is 0 Å². The molecule has 1 heterocycles. The van der Waals surface area contributed by atoms with Crippen molar-refractivity contribution in [3.8, 4) is 0 Å². The minimum atomic E-state index is -0.435. The third-order valence-electron chi connectivity index (χ3n) is 2.02. The number of esters is 1. The second kappa shape index (κ2) is 4.77. The Balaban J connectivity index is 2.88. The van der Waals surface area contributed by atoms with Crippen LogP contribution in [0.15, 0.2) is 0 Å². The van der Waals surface area contributed by atoms with Crippen LogP contribution in [0, 0.1) is 5.92 Å². The second-order valence-corrected chi connectivity index (χ2v) is 3.55. The lowest BCUT2D eigenvalue weighted by molar-refractivity contribution is -0.146. The molecule has 0 amide bonds. The van der Waals surface area contributed by atoms with Crippen molar-refractivity contribution in [2.24, 2.45) is 5.92 Å². The summed E-state index contributed by atoms with van der Waals surface area (Å²) >= 11 is 0. The minimum absolute atomic E-state index is 0.0800. The van der Waals surface area contributed by atoms with Gasteiger partial charge in [-0.15, -0.1) is 5.10 Å². The average molecular weight is 212 g/mol. The first-order valence-electron chi connectivity index (χ1n) is 4.90. The van der Waals surface area contributed by atoms with E-state index in [2.05, 4.69) is 15.2 Å². The van der Waals surface area contributed by atoms with Gasteiger partial charge in [0.25, 0.3) is 0 Å². The van der Waals surface area contributed by atoms with Crippen molar-refractivity contribution in [1.29, 1.82) is 0 Å². The Kier molecular flexibility index (Phi) is 3.65. The number of aromatic amines is 1. The summed E-state index contributed by atoms with van der Waals surface area (Å²) in [5, 5.41) is 6.34. The van der Waals surface area contributed by atoms with E-state index in [0.29, 0.717) is 12.4 Å². The van der Waals surface area contributed by atoms with Crippen LogP contribution >= 0.6 is 0 Å². The van der Waals surface area contributed by atoms with E-state index in [1.54, 1.807) is 6.92 Å². The Morgan fingerprint density at radius 2 is 2.27 bits per heavy atom. The smallest absolute Gasteiger partial charge is 0.316 e. The number of anilines is 1. The van der Waals surface area contributed by atoms with Crippen molar-refractivity contribution in [2.75, 3.05) is 12.3 Å². The Hall–Kier alpha value is -1.59. The summed E-state index contributed by atoms with van der Waals surface area (Å²) in [6, 6.07) is 0. The first-order valence-corrected chi connectivity index (χ1v) is 4.90. The van der Waals surface area contributed by atoms with E-state index in [-0.39, 0.29) is 17.8 Å². The van der Waals surface area contributed by atoms with Gasteiger partial charge in [-0.3, -0.25) is 9.89 Å². The van der Waals surface area contributed by atoms with Gasteiger partial charge in [0.2, 0.25) is 5.95 Å². The molecule has 84 valence electrons. The van der Waals surface area contributed by atoms with Crippen LogP contribution in [0.25, 0.3) is 0 Å². The highest BCUT2D eigenvalue weighted by molar-refractivity contribution is 5.77. The van der Waals surface area contributed by atoms with Gasteiger partial charge in [0, 0.05) is 0 Å². The van der Waals surface area contributed by atoms with Crippen LogP contribution in [0.5, 0.6) is 0 Å². The van der Waals surface area contributed by atoms with E-state index in [0.717, 1.165) is 0 Å². The fourth-order valence-corrected chi connectivity index (χ4v) is 1.36. The maximum Gasteiger partial charge on any atom is 0.316 e. The molecule has 0 saturated heterocycles. The summed E-state index contributed by atoms with van der Waals surface area (Å²) < 4.78 is 4.96. The van der Waals surface area contributed by atoms with Gasteiger partial charge in [-0.05, 0) is 12.8 Å². The molecule has 1 aromatic heterocycles. The number of nitrogen functional groups attached to an aromatic ring is 1. The third kappa shape index (κ3) is 2.68. The van der Waals surface area contributed by atoms with Gasteiger partial charge in [-0.2, -0.15) is 4.98 Å². The molecule has 0 fully saturated rings. The topological polar surface area (TPSA) is 93.9 Å². The summed E-state index contributed by atoms with van der Waals surface area (Å²) in [5.41, 5.74) is 5.39. The molecule has 0 aliphatic rings. The van der Waals surface area contributed by atoms with Gasteiger partial charge in [-0.25, -0.2) is 0 Å². The summed E-state index contributed by atoms with van der Waals surface area (Å²) in [6.07, 6.45) is 0. The first kappa shape index (κ1) is 11.5. The Morgan fingerprint density at radius 1 is 1.60 bits per heavy atom. The number of ether oxygens (including phenoxy) is 1. The van der Waals surface area contributed by atoms with Crippen LogP contribution in [-0.4, -0.2) is 27.8 Å². The quantitative estimate of drug-likeness (QED) is 0.716. The van der Waals surface area contributed by atoms with Gasteiger partial charge in [0.05, 0.1) is 6.61 Å². The molecule has 6 heteroatoms. The molecule has 0 spiro atoms. The molecule has 0 radical (unpaired) electrons. The summed E-state index contributed by atoms with van der Waals surface area (Å²) in [5.74, 6) is -0.0595. The van der Waals surface area contributed by atoms with E-state index in [1.807, 2.05) is 13.8 Å². The highest BCUT2D eigenvalue weighted by Gasteiger charge is 2.28. The zero-order valence-corrected chi connectivity index (χ0v) is 9.15. The lowest BCUT2D eigenvalue weighted by Gasteiger charge is -2.15. The standard InChI is InChI=1S/C9H16N4O2/c1-4-15-8(14)6(5(2)3)7-11-9(10)13-12-7/h5-6H,4H2,1-3H3,(H3,10,11,12,13). The predicted octanol–water partition coefficient (Wildman–Crippen LogP) is 0.690. The zero-order chi connectivity index (χ0) is 11.4. The maximum absolute atomic E-state index is 11.6. The van der Waals surface area contributed by atoms with Crippen molar-refractivity contribution in [2.45, 2.75) is 26.7 Å². The molecule has 0 bridgehead atoms. The fourth-order valence-electron chi connectivity index (χ4n) is 1.36. The normalized spacial score (nSPS) is 12.8. The number of nitrogens with two attached hydrogens (primary N) is 1. The van der Waals surface area contributed by atoms with Crippen LogP contribution in [-0.2, 0) is 9.53 Å². The van der Waals surface area contributed by atoms with Crippen molar-refractivity contribution in [3.63, 3.8) is 0 Å². The monoisotopic (exact) mass is 212 g/mol. The van der Waals surface area contributed by atoms with Crippen LogP contribution in [0.1, 0.15) is 32.5 Å². The largest absolute Gasteiger partial charge is 0.465 e. The summed E-state index contributed by atoms with van der Waals surface area (Å²) in [6.45, 7) is 5.95. The second-order valence-electron chi connectivity index (χ2n) is 3.55. The van der Waals surface area contributed by atoms with Crippen molar-refractivity contribution < 1.29 is 9.53 Å². The fraction of sp³-hybridized carbons (Fsp3) is 0.667. The van der Waals surface area contributed by atoms with Crippen LogP contribution in [0.2, 0.25) is 0 Å². The van der Waals surface area contributed by atoms with Crippen LogP contribution < -0.4 is 5.73 Å². The maximum atomic E-state index is 11.6. The lowest BCUT2D eigenvalue weighted by Crippen LogP contribution is -2.22. The zero-order valence-electron chi connectivity index (χ0n) is 9.15. The van der Waals surface area contributed by atoms with E-state index in [4.69, 9.17) is 10.5 Å². The van der Waals surface area contributed by atoms with Gasteiger partial charge < -0.3 is 10.5 Å². The number of aromatic nitrogens is 3. The predicted molar refractivity (Wildman–Crippen MR) is 55.0 cm³/mol. The third-order valence-corrected chi connectivity index (χ3v) is 2.02. The highest BCUT2D eigenvalue weighted by atomic mass is 16.5. The van der Waals surface area contributed by atoms with Gasteiger partial charge in [-0.1, -0.05) is 13.8 Å². The minimum Gasteiger partial charge on any atom is -0.465 e. The molecular weight excluding hydrogens is 196 g/mol. The van der Waals surface area contributed by atoms with Gasteiger partial charge in [0.1, 0.15) is 11.7 Å². The number of hydrogen-bond donors (Lipinski definition) is 2. The molecule has 0 aliphatic heterocycles. The molecule has 1 unspecified atom stereocenters. The average Bonchev–Trinajstić information content (AvgIpc) is 2.51. The number of H-pyrrole nitrogens is 1. The summed E-state index contributed by atoms with van der Waals surface area (Å²) in [4.78, 5) is 15.6. The van der Waals surface area contributed by atoms with E-state index in [9.17, 15) is 4.79 Å². The van der Waals surface area contributed by atoms with Gasteiger partial charge >= 0.3 is 5.97 Å². The molecule has 3 N–H and O–H groups in total. The number of carbonyl (C=O) groups excluding carboxylic acids is 1. The molecule has 15 heavy (non-hydrogen) atoms. The number of hydrogen-bond acceptors (Lipinski definition) is 5. The molecule has 1 rings (SSSR count). The van der Waals surface area contributed by atoms with Crippen molar-refractivity contribution >= 4 is 11.9 Å². The van der Waals surface area contributed by atoms with Crippen molar-refractivity contribution in [3.05, 3.63) is 5.82 Å². The SMILES string of the molecule is CCOC(=O)C(c1nc(N)n[nH]1)C(C)C. The molecule has 0 saturated carbocycles. The number of nitrogens with zero attached hydrogens (tertiary/aromatic N) is 2. The number of carbonyl (C=O) groups is 1. The molecular formula is C9H16N4O2. The Morgan fingerprint density at radius 3 is 2.67 bits per heavy atom. The highest BCUT2D eigenvalue weighted by Crippen LogP contribution is 2.23. The molecule has 0 aromatic carbocycles. The van der Waals surface area contributed by atoms with Crippen LogP contribution in [0.4, 0.5) is 5.95 Å². The molecule has 6 nitrogen and oxygen atoms in total. The Bertz CT molecular complexity index is 335.